The zero-order valence-electron chi connectivity index (χ0n) is 12.3. The van der Waals surface area contributed by atoms with Crippen LogP contribution in [0.3, 0.4) is 0 Å². The van der Waals surface area contributed by atoms with Crippen molar-refractivity contribution >= 4 is 35.5 Å². The summed E-state index contributed by atoms with van der Waals surface area (Å²) in [4.78, 5) is 23.1. The second-order valence-electron chi connectivity index (χ2n) is 4.95. The number of ether oxygens (including phenoxy) is 1. The summed E-state index contributed by atoms with van der Waals surface area (Å²) in [6.45, 7) is 0.891. The van der Waals surface area contributed by atoms with Gasteiger partial charge in [0.15, 0.2) is 0 Å². The number of carbonyl (C=O) groups excluding carboxylic acids is 1. The number of aromatic nitrogens is 2. The van der Waals surface area contributed by atoms with Crippen LogP contribution in [0.15, 0.2) is 34.0 Å². The first kappa shape index (κ1) is 16.0. The molecular weight excluding hydrogens is 338 g/mol. The number of fused-ring (bicyclic) bond motifs is 1. The lowest BCUT2D eigenvalue weighted by Crippen LogP contribution is -2.21. The van der Waals surface area contributed by atoms with E-state index in [0.717, 1.165) is 23.0 Å². The number of thioether (sulfide) groups is 2. The van der Waals surface area contributed by atoms with Gasteiger partial charge in [-0.1, -0.05) is 0 Å². The predicted octanol–water partition coefficient (Wildman–Crippen LogP) is 1.22. The average Bonchev–Trinajstić information content (AvgIpc) is 3.02. The number of hydrogen-bond acceptors (Lipinski definition) is 7. The van der Waals surface area contributed by atoms with Crippen LogP contribution < -0.4 is 5.32 Å². The number of methoxy groups -OCH3 is 1. The number of hydrogen-bond donors (Lipinski definition) is 2. The van der Waals surface area contributed by atoms with E-state index in [-0.39, 0.29) is 10.9 Å². The van der Waals surface area contributed by atoms with Gasteiger partial charge in [-0.05, 0) is 6.07 Å². The summed E-state index contributed by atoms with van der Waals surface area (Å²) in [5, 5.41) is 18.7. The van der Waals surface area contributed by atoms with E-state index in [1.807, 2.05) is 10.7 Å². The predicted molar refractivity (Wildman–Crippen MR) is 87.0 cm³/mol. The molecule has 0 radical (unpaired) electrons. The second kappa shape index (κ2) is 6.71. The molecule has 2 aliphatic rings. The Bertz CT molecular complexity index is 689. The fourth-order valence-electron chi connectivity index (χ4n) is 2.34. The molecule has 1 unspecified atom stereocenters. The summed E-state index contributed by atoms with van der Waals surface area (Å²) >= 11 is 3.03. The minimum absolute atomic E-state index is 0.0294. The summed E-state index contributed by atoms with van der Waals surface area (Å²) in [6, 6.07) is 2.02. The zero-order valence-corrected chi connectivity index (χ0v) is 13.9. The number of rotatable bonds is 4. The topological polar surface area (TPSA) is 93.5 Å². The highest BCUT2D eigenvalue weighted by Gasteiger charge is 2.27. The molecule has 2 N–H and O–H groups in total. The Morgan fingerprint density at radius 3 is 3.09 bits per heavy atom. The summed E-state index contributed by atoms with van der Waals surface area (Å²) in [5.74, 6) is -0.518. The minimum atomic E-state index is -1.07. The third-order valence-corrected chi connectivity index (χ3v) is 5.60. The van der Waals surface area contributed by atoms with Crippen LogP contribution in [0.25, 0.3) is 0 Å². The van der Waals surface area contributed by atoms with E-state index in [1.54, 1.807) is 11.8 Å². The lowest BCUT2D eigenvalue weighted by molar-refractivity contribution is -0.136. The number of esters is 1. The fraction of sp³-hybridized carbons (Fsp3) is 0.357. The van der Waals surface area contributed by atoms with Crippen LogP contribution in [-0.2, 0) is 27.3 Å². The number of carbonyl (C=O) groups is 2. The molecule has 0 fully saturated rings. The molecule has 122 valence electrons. The van der Waals surface area contributed by atoms with Gasteiger partial charge in [-0.15, -0.1) is 23.5 Å². The Morgan fingerprint density at radius 1 is 1.57 bits per heavy atom. The van der Waals surface area contributed by atoms with Gasteiger partial charge in [0.2, 0.25) is 0 Å². The maximum Gasteiger partial charge on any atom is 0.352 e. The molecule has 0 saturated carbocycles. The molecule has 0 aromatic carbocycles. The van der Waals surface area contributed by atoms with Gasteiger partial charge in [0.05, 0.1) is 29.9 Å². The van der Waals surface area contributed by atoms with Gasteiger partial charge in [0.25, 0.3) is 0 Å². The first-order valence-electron chi connectivity index (χ1n) is 6.92. The van der Waals surface area contributed by atoms with Crippen LogP contribution >= 0.6 is 23.5 Å². The van der Waals surface area contributed by atoms with Crippen molar-refractivity contribution in [3.8, 4) is 0 Å². The van der Waals surface area contributed by atoms with Gasteiger partial charge in [0, 0.05) is 29.0 Å². The SMILES string of the molecule is COC(=O)C1=CNC(C(=O)O)=CSC1Cc1cc2n(n1)CCS2. The number of nitrogens with one attached hydrogen (secondary N) is 1. The maximum absolute atomic E-state index is 12.0. The zero-order chi connectivity index (χ0) is 16.4. The standard InChI is InChI=1S/C14H15N3O4S2/c1-21-14(20)9-6-15-10(13(18)19)7-23-11(9)4-8-5-12-17(16-8)2-3-22-12/h5-7,11,15H,2-4H2,1H3,(H,18,19). The van der Waals surface area contributed by atoms with Gasteiger partial charge in [-0.3, -0.25) is 4.68 Å². The lowest BCUT2D eigenvalue weighted by atomic mass is 10.1. The Morgan fingerprint density at radius 2 is 2.39 bits per heavy atom. The van der Waals surface area contributed by atoms with E-state index in [9.17, 15) is 9.59 Å². The van der Waals surface area contributed by atoms with E-state index in [4.69, 9.17) is 9.84 Å². The molecule has 1 aromatic heterocycles. The molecule has 0 saturated heterocycles. The van der Waals surface area contributed by atoms with Gasteiger partial charge in [-0.2, -0.15) is 5.10 Å². The quantitative estimate of drug-likeness (QED) is 0.781. The van der Waals surface area contributed by atoms with E-state index in [1.165, 1.54) is 30.5 Å². The highest BCUT2D eigenvalue weighted by atomic mass is 32.2. The van der Waals surface area contributed by atoms with Crippen molar-refractivity contribution in [2.75, 3.05) is 12.9 Å². The Kier molecular flexibility index (Phi) is 4.67. The van der Waals surface area contributed by atoms with Gasteiger partial charge >= 0.3 is 11.9 Å². The third kappa shape index (κ3) is 3.40. The van der Waals surface area contributed by atoms with Crippen molar-refractivity contribution in [1.82, 2.24) is 15.1 Å². The molecule has 0 bridgehead atoms. The van der Waals surface area contributed by atoms with Gasteiger partial charge < -0.3 is 15.2 Å². The van der Waals surface area contributed by atoms with Crippen molar-refractivity contribution < 1.29 is 19.4 Å². The number of nitrogens with zero attached hydrogens (tertiary/aromatic N) is 2. The van der Waals surface area contributed by atoms with Crippen molar-refractivity contribution in [1.29, 1.82) is 0 Å². The summed E-state index contributed by atoms with van der Waals surface area (Å²) in [7, 11) is 1.31. The average molecular weight is 353 g/mol. The summed E-state index contributed by atoms with van der Waals surface area (Å²) < 4.78 is 6.77. The molecule has 3 rings (SSSR count). The van der Waals surface area contributed by atoms with Crippen molar-refractivity contribution in [2.24, 2.45) is 0 Å². The Labute approximate surface area is 141 Å². The van der Waals surface area contributed by atoms with Gasteiger partial charge in [-0.25, -0.2) is 9.59 Å². The molecule has 3 heterocycles. The van der Waals surface area contributed by atoms with Crippen LogP contribution in [0, 0.1) is 0 Å². The molecule has 2 aliphatic heterocycles. The highest BCUT2D eigenvalue weighted by molar-refractivity contribution is 8.03. The molecule has 0 aliphatic carbocycles. The third-order valence-electron chi connectivity index (χ3n) is 3.47. The number of carboxylic acids is 1. The maximum atomic E-state index is 12.0. The van der Waals surface area contributed by atoms with E-state index >= 15 is 0 Å². The van der Waals surface area contributed by atoms with Crippen LogP contribution in [0.4, 0.5) is 0 Å². The molecule has 9 heteroatoms. The monoisotopic (exact) mass is 353 g/mol. The number of carboxylic acid groups (broad SMARTS) is 1. The van der Waals surface area contributed by atoms with Crippen molar-refractivity contribution in [3.05, 3.63) is 34.6 Å². The van der Waals surface area contributed by atoms with E-state index < -0.39 is 11.9 Å². The number of aliphatic carboxylic acids is 1. The van der Waals surface area contributed by atoms with Crippen molar-refractivity contribution in [2.45, 2.75) is 23.2 Å². The van der Waals surface area contributed by atoms with Crippen LogP contribution in [0.5, 0.6) is 0 Å². The first-order chi connectivity index (χ1) is 11.1. The van der Waals surface area contributed by atoms with Crippen LogP contribution in [0.2, 0.25) is 0 Å². The van der Waals surface area contributed by atoms with E-state index in [2.05, 4.69) is 10.4 Å². The first-order valence-corrected chi connectivity index (χ1v) is 8.84. The Hall–Kier alpha value is -1.87. The summed E-state index contributed by atoms with van der Waals surface area (Å²) in [6.07, 6.45) is 1.94. The molecule has 0 amide bonds. The van der Waals surface area contributed by atoms with E-state index in [0.29, 0.717) is 12.0 Å². The Balaban J connectivity index is 1.83. The van der Waals surface area contributed by atoms with Gasteiger partial charge in [0.1, 0.15) is 5.70 Å². The lowest BCUT2D eigenvalue weighted by Gasteiger charge is -2.14. The molecule has 7 nitrogen and oxygen atoms in total. The molecule has 1 aromatic rings. The number of aryl methyl sites for hydroxylation is 1. The van der Waals surface area contributed by atoms with Crippen LogP contribution in [-0.4, -0.2) is 44.9 Å². The fourth-order valence-corrected chi connectivity index (χ4v) is 4.36. The molecule has 1 atom stereocenters. The van der Waals surface area contributed by atoms with Crippen molar-refractivity contribution in [3.63, 3.8) is 0 Å². The smallest absolute Gasteiger partial charge is 0.352 e. The largest absolute Gasteiger partial charge is 0.477 e. The van der Waals surface area contributed by atoms with Crippen LogP contribution in [0.1, 0.15) is 5.69 Å². The molecule has 23 heavy (non-hydrogen) atoms. The summed E-state index contributed by atoms with van der Waals surface area (Å²) in [5.41, 5.74) is 1.30. The normalized spacial score (nSPS) is 20.0. The minimum Gasteiger partial charge on any atom is -0.477 e. The second-order valence-corrected chi connectivity index (χ2v) is 7.14. The highest BCUT2D eigenvalue weighted by Crippen LogP contribution is 2.31. The molecular formula is C14H15N3O4S2. The molecule has 0 spiro atoms.